The van der Waals surface area contributed by atoms with Crippen LogP contribution in [0.5, 0.6) is 0 Å². The van der Waals surface area contributed by atoms with E-state index in [0.29, 0.717) is 6.42 Å². The molecule has 3 heteroatoms. The zero-order valence-electron chi connectivity index (χ0n) is 11.0. The molecule has 0 spiro atoms. The molecule has 1 aliphatic heterocycles. The molecule has 0 saturated carbocycles. The van der Waals surface area contributed by atoms with E-state index >= 15 is 0 Å². The summed E-state index contributed by atoms with van der Waals surface area (Å²) in [4.78, 5) is 15.5. The van der Waals surface area contributed by atoms with Crippen molar-refractivity contribution >= 4 is 17.7 Å². The Labute approximate surface area is 114 Å². The molecular weight excluding hydrogens is 242 g/mol. The highest BCUT2D eigenvalue weighted by molar-refractivity contribution is 7.98. The molecule has 0 N–H and O–H groups in total. The standard InChI is InChI=1S/C15H21NOS/c1-18-14-8-6-13(7-9-14)12-15(17)16-10-4-2-3-5-11-16/h6-9H,2-5,10-12H2,1H3. The van der Waals surface area contributed by atoms with Gasteiger partial charge in [-0.3, -0.25) is 4.79 Å². The largest absolute Gasteiger partial charge is 0.342 e. The summed E-state index contributed by atoms with van der Waals surface area (Å²) in [5, 5.41) is 0. The molecular formula is C15H21NOS. The Kier molecular flexibility index (Phi) is 5.12. The minimum absolute atomic E-state index is 0.286. The van der Waals surface area contributed by atoms with E-state index in [0.717, 1.165) is 31.5 Å². The van der Waals surface area contributed by atoms with Gasteiger partial charge in [-0.15, -0.1) is 11.8 Å². The summed E-state index contributed by atoms with van der Waals surface area (Å²) < 4.78 is 0. The number of carbonyl (C=O) groups excluding carboxylic acids is 1. The number of likely N-dealkylation sites (tertiary alicyclic amines) is 1. The van der Waals surface area contributed by atoms with Crippen molar-refractivity contribution < 1.29 is 4.79 Å². The van der Waals surface area contributed by atoms with E-state index in [1.807, 2.05) is 4.90 Å². The topological polar surface area (TPSA) is 20.3 Å². The molecule has 98 valence electrons. The molecule has 1 fully saturated rings. The molecule has 2 rings (SSSR count). The molecule has 0 aromatic heterocycles. The first kappa shape index (κ1) is 13.5. The van der Waals surface area contributed by atoms with Crippen molar-refractivity contribution in [1.82, 2.24) is 4.90 Å². The summed E-state index contributed by atoms with van der Waals surface area (Å²) in [5.74, 6) is 0.286. The van der Waals surface area contributed by atoms with Gasteiger partial charge in [-0.2, -0.15) is 0 Å². The molecule has 2 nitrogen and oxygen atoms in total. The van der Waals surface area contributed by atoms with E-state index in [9.17, 15) is 4.79 Å². The lowest BCUT2D eigenvalue weighted by Gasteiger charge is -2.20. The number of rotatable bonds is 3. The summed E-state index contributed by atoms with van der Waals surface area (Å²) in [6, 6.07) is 8.33. The average molecular weight is 263 g/mol. The van der Waals surface area contributed by atoms with Gasteiger partial charge in [0.25, 0.3) is 0 Å². The quantitative estimate of drug-likeness (QED) is 0.779. The molecule has 1 aromatic rings. The first-order valence-electron chi connectivity index (χ1n) is 6.70. The normalized spacial score (nSPS) is 16.4. The zero-order valence-corrected chi connectivity index (χ0v) is 11.8. The molecule has 0 bridgehead atoms. The van der Waals surface area contributed by atoms with E-state index < -0.39 is 0 Å². The van der Waals surface area contributed by atoms with Crippen LogP contribution >= 0.6 is 11.8 Å². The first-order chi connectivity index (χ1) is 8.79. The van der Waals surface area contributed by atoms with Gasteiger partial charge in [0.2, 0.25) is 5.91 Å². The van der Waals surface area contributed by atoms with Crippen LogP contribution in [0.4, 0.5) is 0 Å². The highest BCUT2D eigenvalue weighted by Gasteiger charge is 2.15. The fraction of sp³-hybridized carbons (Fsp3) is 0.533. The van der Waals surface area contributed by atoms with E-state index in [1.165, 1.54) is 17.7 Å². The van der Waals surface area contributed by atoms with E-state index in [-0.39, 0.29) is 5.91 Å². The van der Waals surface area contributed by atoms with Crippen LogP contribution in [0.1, 0.15) is 31.2 Å². The molecule has 0 radical (unpaired) electrons. The maximum absolute atomic E-state index is 12.2. The van der Waals surface area contributed by atoms with Gasteiger partial charge in [-0.25, -0.2) is 0 Å². The average Bonchev–Trinajstić information content (AvgIpc) is 2.68. The van der Waals surface area contributed by atoms with Crippen LogP contribution < -0.4 is 0 Å². The van der Waals surface area contributed by atoms with Gasteiger partial charge in [-0.05, 0) is 36.8 Å². The second kappa shape index (κ2) is 6.83. The highest BCUT2D eigenvalue weighted by atomic mass is 32.2. The summed E-state index contributed by atoms with van der Waals surface area (Å²) in [6.07, 6.45) is 7.48. The number of hydrogen-bond acceptors (Lipinski definition) is 2. The van der Waals surface area contributed by atoms with Crippen LogP contribution in [0, 0.1) is 0 Å². The number of benzene rings is 1. The SMILES string of the molecule is CSc1ccc(CC(=O)N2CCCCCC2)cc1. The maximum atomic E-state index is 12.2. The molecule has 1 aliphatic rings. The Hall–Kier alpha value is -0.960. The Morgan fingerprint density at radius 1 is 1.11 bits per heavy atom. The summed E-state index contributed by atoms with van der Waals surface area (Å²) in [7, 11) is 0. The van der Waals surface area contributed by atoms with Crippen molar-refractivity contribution in [3.8, 4) is 0 Å². The molecule has 0 atom stereocenters. The Morgan fingerprint density at radius 2 is 1.72 bits per heavy atom. The van der Waals surface area contributed by atoms with Crippen LogP contribution in [0.25, 0.3) is 0 Å². The van der Waals surface area contributed by atoms with E-state index in [1.54, 1.807) is 11.8 Å². The number of hydrogen-bond donors (Lipinski definition) is 0. The third kappa shape index (κ3) is 3.77. The van der Waals surface area contributed by atoms with Crippen molar-refractivity contribution in [2.24, 2.45) is 0 Å². The highest BCUT2D eigenvalue weighted by Crippen LogP contribution is 2.16. The predicted molar refractivity (Wildman–Crippen MR) is 77.0 cm³/mol. The lowest BCUT2D eigenvalue weighted by Crippen LogP contribution is -2.33. The lowest BCUT2D eigenvalue weighted by atomic mass is 10.1. The van der Waals surface area contributed by atoms with Gasteiger partial charge >= 0.3 is 0 Å². The molecule has 1 amide bonds. The molecule has 1 heterocycles. The molecule has 18 heavy (non-hydrogen) atoms. The maximum Gasteiger partial charge on any atom is 0.226 e. The fourth-order valence-electron chi connectivity index (χ4n) is 2.35. The predicted octanol–water partition coefficient (Wildman–Crippen LogP) is 3.35. The fourth-order valence-corrected chi connectivity index (χ4v) is 2.76. The zero-order chi connectivity index (χ0) is 12.8. The minimum atomic E-state index is 0.286. The van der Waals surface area contributed by atoms with Crippen molar-refractivity contribution in [2.75, 3.05) is 19.3 Å². The summed E-state index contributed by atoms with van der Waals surface area (Å²) in [6.45, 7) is 1.89. The van der Waals surface area contributed by atoms with Gasteiger partial charge in [0.15, 0.2) is 0 Å². The van der Waals surface area contributed by atoms with Gasteiger partial charge in [-0.1, -0.05) is 25.0 Å². The van der Waals surface area contributed by atoms with Crippen LogP contribution in [0.3, 0.4) is 0 Å². The minimum Gasteiger partial charge on any atom is -0.342 e. The van der Waals surface area contributed by atoms with Gasteiger partial charge in [0, 0.05) is 18.0 Å². The van der Waals surface area contributed by atoms with Gasteiger partial charge in [0.1, 0.15) is 0 Å². The monoisotopic (exact) mass is 263 g/mol. The number of amides is 1. The van der Waals surface area contributed by atoms with Crippen molar-refractivity contribution in [3.05, 3.63) is 29.8 Å². The molecule has 0 aliphatic carbocycles. The number of carbonyl (C=O) groups is 1. The summed E-state index contributed by atoms with van der Waals surface area (Å²) in [5.41, 5.74) is 1.13. The van der Waals surface area contributed by atoms with Crippen molar-refractivity contribution in [1.29, 1.82) is 0 Å². The number of thioether (sulfide) groups is 1. The third-order valence-corrected chi connectivity index (χ3v) is 4.22. The van der Waals surface area contributed by atoms with Crippen LogP contribution in [-0.2, 0) is 11.2 Å². The molecule has 0 unspecified atom stereocenters. The second-order valence-electron chi connectivity index (χ2n) is 4.82. The van der Waals surface area contributed by atoms with Crippen LogP contribution in [0.2, 0.25) is 0 Å². The van der Waals surface area contributed by atoms with Crippen molar-refractivity contribution in [3.63, 3.8) is 0 Å². The second-order valence-corrected chi connectivity index (χ2v) is 5.70. The molecule has 1 aromatic carbocycles. The first-order valence-corrected chi connectivity index (χ1v) is 7.93. The Morgan fingerprint density at radius 3 is 2.28 bits per heavy atom. The van der Waals surface area contributed by atoms with Gasteiger partial charge in [0.05, 0.1) is 6.42 Å². The Balaban J connectivity index is 1.92. The van der Waals surface area contributed by atoms with E-state index in [2.05, 4.69) is 30.5 Å². The van der Waals surface area contributed by atoms with Crippen molar-refractivity contribution in [2.45, 2.75) is 37.0 Å². The summed E-state index contributed by atoms with van der Waals surface area (Å²) >= 11 is 1.73. The van der Waals surface area contributed by atoms with Crippen LogP contribution in [0.15, 0.2) is 29.2 Å². The van der Waals surface area contributed by atoms with E-state index in [4.69, 9.17) is 0 Å². The molecule has 1 saturated heterocycles. The van der Waals surface area contributed by atoms with Gasteiger partial charge < -0.3 is 4.90 Å². The Bertz CT molecular complexity index is 380. The lowest BCUT2D eigenvalue weighted by molar-refractivity contribution is -0.130. The third-order valence-electron chi connectivity index (χ3n) is 3.47. The smallest absolute Gasteiger partial charge is 0.226 e. The number of nitrogens with zero attached hydrogens (tertiary/aromatic N) is 1. The van der Waals surface area contributed by atoms with Crippen LogP contribution in [-0.4, -0.2) is 30.2 Å².